The molecule has 0 bridgehead atoms. The van der Waals surface area contributed by atoms with Gasteiger partial charge in [0.25, 0.3) is 0 Å². The second-order valence-corrected chi connectivity index (χ2v) is 6.21. The molecule has 2 heteroatoms. The van der Waals surface area contributed by atoms with E-state index in [2.05, 4.69) is 49.3 Å². The fourth-order valence-electron chi connectivity index (χ4n) is 3.52. The van der Waals surface area contributed by atoms with Crippen LogP contribution < -0.4 is 10.2 Å². The van der Waals surface area contributed by atoms with Crippen LogP contribution >= 0.6 is 0 Å². The molecule has 2 nitrogen and oxygen atoms in total. The highest BCUT2D eigenvalue weighted by atomic mass is 15.1. The lowest BCUT2D eigenvalue weighted by Gasteiger charge is -2.42. The van der Waals surface area contributed by atoms with Gasteiger partial charge in [0.05, 0.1) is 0 Å². The van der Waals surface area contributed by atoms with Gasteiger partial charge in [-0.3, -0.25) is 0 Å². The molecule has 2 aliphatic heterocycles. The van der Waals surface area contributed by atoms with Crippen molar-refractivity contribution in [2.24, 2.45) is 5.92 Å². The molecular formula is C16H24N2. The van der Waals surface area contributed by atoms with E-state index in [0.717, 1.165) is 18.4 Å². The third kappa shape index (κ3) is 1.93. The van der Waals surface area contributed by atoms with Crippen LogP contribution in [0.3, 0.4) is 0 Å². The van der Waals surface area contributed by atoms with Crippen LogP contribution in [0.1, 0.15) is 43.2 Å². The lowest BCUT2D eigenvalue weighted by molar-refractivity contribution is 0.316. The van der Waals surface area contributed by atoms with E-state index in [0.29, 0.717) is 5.92 Å². The molecule has 18 heavy (non-hydrogen) atoms. The number of rotatable bonds is 1. The maximum atomic E-state index is 3.57. The molecule has 2 aliphatic rings. The molecule has 3 rings (SSSR count). The van der Waals surface area contributed by atoms with Gasteiger partial charge in [0.1, 0.15) is 0 Å². The molecule has 1 saturated heterocycles. The average molecular weight is 244 g/mol. The van der Waals surface area contributed by atoms with Crippen molar-refractivity contribution in [1.29, 1.82) is 0 Å². The van der Waals surface area contributed by atoms with E-state index >= 15 is 0 Å². The zero-order chi connectivity index (χ0) is 12.7. The molecule has 98 valence electrons. The summed E-state index contributed by atoms with van der Waals surface area (Å²) in [4.78, 5) is 2.45. The average Bonchev–Trinajstić information content (AvgIpc) is 2.38. The zero-order valence-corrected chi connectivity index (χ0v) is 11.7. The summed E-state index contributed by atoms with van der Waals surface area (Å²) in [5, 5.41) is 3.57. The maximum Gasteiger partial charge on any atom is 0.0399 e. The Morgan fingerprint density at radius 3 is 2.94 bits per heavy atom. The fraction of sp³-hybridized carbons (Fsp3) is 0.625. The van der Waals surface area contributed by atoms with Gasteiger partial charge in [-0.25, -0.2) is 0 Å². The van der Waals surface area contributed by atoms with E-state index in [1.54, 1.807) is 5.56 Å². The highest BCUT2D eigenvalue weighted by molar-refractivity contribution is 5.59. The van der Waals surface area contributed by atoms with Crippen LogP contribution in [0.15, 0.2) is 18.2 Å². The zero-order valence-electron chi connectivity index (χ0n) is 11.7. The van der Waals surface area contributed by atoms with Gasteiger partial charge in [-0.05, 0) is 42.0 Å². The topological polar surface area (TPSA) is 15.3 Å². The van der Waals surface area contributed by atoms with E-state index in [-0.39, 0.29) is 0 Å². The van der Waals surface area contributed by atoms with Crippen molar-refractivity contribution in [1.82, 2.24) is 5.32 Å². The first-order valence-corrected chi connectivity index (χ1v) is 7.22. The van der Waals surface area contributed by atoms with Crippen LogP contribution in [-0.2, 0) is 0 Å². The van der Waals surface area contributed by atoms with Gasteiger partial charge in [0.2, 0.25) is 0 Å². The second-order valence-electron chi connectivity index (χ2n) is 6.21. The molecular weight excluding hydrogens is 220 g/mol. The summed E-state index contributed by atoms with van der Waals surface area (Å²) in [6, 6.07) is 7.09. The summed E-state index contributed by atoms with van der Waals surface area (Å²) in [7, 11) is 2.24. The van der Waals surface area contributed by atoms with Crippen molar-refractivity contribution in [3.05, 3.63) is 29.3 Å². The number of nitrogens with one attached hydrogen (secondary N) is 1. The van der Waals surface area contributed by atoms with Gasteiger partial charge in [0.15, 0.2) is 0 Å². The molecule has 0 amide bonds. The van der Waals surface area contributed by atoms with Gasteiger partial charge >= 0.3 is 0 Å². The number of hydrogen-bond donors (Lipinski definition) is 1. The third-order valence-electron chi connectivity index (χ3n) is 4.66. The number of piperidine rings is 1. The van der Waals surface area contributed by atoms with Crippen molar-refractivity contribution in [3.8, 4) is 0 Å². The molecule has 0 radical (unpaired) electrons. The second kappa shape index (κ2) is 4.58. The van der Waals surface area contributed by atoms with Crippen molar-refractivity contribution >= 4 is 5.69 Å². The van der Waals surface area contributed by atoms with Gasteiger partial charge in [0, 0.05) is 31.7 Å². The lowest BCUT2D eigenvalue weighted by atomic mass is 9.76. The van der Waals surface area contributed by atoms with E-state index in [1.807, 2.05) is 0 Å². The molecule has 0 spiro atoms. The summed E-state index contributed by atoms with van der Waals surface area (Å²) in [5.74, 6) is 2.19. The normalized spacial score (nSPS) is 27.0. The monoisotopic (exact) mass is 244 g/mol. The Balaban J connectivity index is 2.03. The Hall–Kier alpha value is -1.02. The van der Waals surface area contributed by atoms with Crippen LogP contribution in [0.25, 0.3) is 0 Å². The molecule has 1 fully saturated rings. The smallest absolute Gasteiger partial charge is 0.0399 e. The van der Waals surface area contributed by atoms with E-state index in [4.69, 9.17) is 0 Å². The van der Waals surface area contributed by atoms with Crippen LogP contribution in [0.4, 0.5) is 5.69 Å². The molecule has 1 aromatic carbocycles. The number of benzene rings is 1. The van der Waals surface area contributed by atoms with Gasteiger partial charge in [-0.2, -0.15) is 0 Å². The molecule has 1 N–H and O–H groups in total. The first-order chi connectivity index (χ1) is 8.66. The predicted molar refractivity (Wildman–Crippen MR) is 77.5 cm³/mol. The van der Waals surface area contributed by atoms with E-state index in [9.17, 15) is 0 Å². The van der Waals surface area contributed by atoms with E-state index in [1.165, 1.54) is 30.8 Å². The maximum absolute atomic E-state index is 3.57. The van der Waals surface area contributed by atoms with Crippen molar-refractivity contribution < 1.29 is 0 Å². The highest BCUT2D eigenvalue weighted by Gasteiger charge is 2.33. The molecule has 2 heterocycles. The van der Waals surface area contributed by atoms with Gasteiger partial charge in [-0.15, -0.1) is 0 Å². The third-order valence-corrected chi connectivity index (χ3v) is 4.66. The van der Waals surface area contributed by atoms with Gasteiger partial charge < -0.3 is 10.2 Å². The Kier molecular flexibility index (Phi) is 3.06. The summed E-state index contributed by atoms with van der Waals surface area (Å²) in [6.07, 6.45) is 1.32. The van der Waals surface area contributed by atoms with Gasteiger partial charge in [-0.1, -0.05) is 26.0 Å². The molecule has 0 aliphatic carbocycles. The Labute approximate surface area is 110 Å². The summed E-state index contributed by atoms with van der Waals surface area (Å²) >= 11 is 0. The minimum atomic E-state index is 0.623. The first kappa shape index (κ1) is 12.0. The van der Waals surface area contributed by atoms with Crippen LogP contribution in [0, 0.1) is 5.92 Å². The van der Waals surface area contributed by atoms with Crippen molar-refractivity contribution in [2.45, 2.75) is 32.1 Å². The quantitative estimate of drug-likeness (QED) is 0.817. The minimum Gasteiger partial charge on any atom is -0.374 e. The fourth-order valence-corrected chi connectivity index (χ4v) is 3.52. The largest absolute Gasteiger partial charge is 0.374 e. The molecule has 0 saturated carbocycles. The predicted octanol–water partition coefficient (Wildman–Crippen LogP) is 2.95. The highest BCUT2D eigenvalue weighted by Crippen LogP contribution is 2.41. The Morgan fingerprint density at radius 2 is 2.17 bits per heavy atom. The van der Waals surface area contributed by atoms with Crippen molar-refractivity contribution in [2.75, 3.05) is 31.6 Å². The minimum absolute atomic E-state index is 0.623. The summed E-state index contributed by atoms with van der Waals surface area (Å²) < 4.78 is 0. The number of anilines is 1. The number of nitrogens with zero attached hydrogens (tertiary/aromatic N) is 1. The molecule has 2 atom stereocenters. The lowest BCUT2D eigenvalue weighted by Crippen LogP contribution is -2.44. The van der Waals surface area contributed by atoms with E-state index < -0.39 is 0 Å². The van der Waals surface area contributed by atoms with Crippen LogP contribution in [0.2, 0.25) is 0 Å². The summed E-state index contributed by atoms with van der Waals surface area (Å²) in [6.45, 7) is 8.14. The van der Waals surface area contributed by atoms with Crippen LogP contribution in [-0.4, -0.2) is 26.7 Å². The first-order valence-electron chi connectivity index (χ1n) is 7.22. The standard InChI is InChI=1S/C16H24N2/c1-11(2)12-4-5-16-14(8-12)15-9-17-7-6-13(15)10-18(16)3/h4-5,8,11,13,15,17H,6-7,9-10H2,1-3H3. The molecule has 1 aromatic rings. The Morgan fingerprint density at radius 1 is 1.33 bits per heavy atom. The summed E-state index contributed by atoms with van der Waals surface area (Å²) in [5.41, 5.74) is 4.50. The van der Waals surface area contributed by atoms with Crippen molar-refractivity contribution in [3.63, 3.8) is 0 Å². The molecule has 0 aromatic heterocycles. The molecule has 2 unspecified atom stereocenters. The number of hydrogen-bond acceptors (Lipinski definition) is 2. The SMILES string of the molecule is CC(C)c1ccc2c(c1)C1CNCCC1CN2C. The Bertz CT molecular complexity index is 439. The van der Waals surface area contributed by atoms with Crippen LogP contribution in [0.5, 0.6) is 0 Å². The number of fused-ring (bicyclic) bond motifs is 3.